The summed E-state index contributed by atoms with van der Waals surface area (Å²) in [5.74, 6) is 1.11. The molecule has 2 aromatic heterocycles. The Hall–Kier alpha value is -1.61. The van der Waals surface area contributed by atoms with Crippen LogP contribution in [0.25, 0.3) is 0 Å². The van der Waals surface area contributed by atoms with Crippen LogP contribution in [-0.2, 0) is 0 Å². The summed E-state index contributed by atoms with van der Waals surface area (Å²) in [7, 11) is 0. The number of halogens is 1. The van der Waals surface area contributed by atoms with Gasteiger partial charge in [0.25, 0.3) is 0 Å². The molecule has 0 N–H and O–H groups in total. The van der Waals surface area contributed by atoms with Crippen molar-refractivity contribution in [1.82, 2.24) is 9.97 Å². The van der Waals surface area contributed by atoms with E-state index in [2.05, 4.69) is 16.0 Å². The van der Waals surface area contributed by atoms with Gasteiger partial charge >= 0.3 is 0 Å². The van der Waals surface area contributed by atoms with Crippen molar-refractivity contribution in [2.75, 3.05) is 0 Å². The van der Waals surface area contributed by atoms with Crippen molar-refractivity contribution < 1.29 is 4.74 Å². The molecule has 0 bridgehead atoms. The van der Waals surface area contributed by atoms with Crippen LogP contribution in [0.4, 0.5) is 0 Å². The minimum atomic E-state index is 0.437. The molecule has 1 radical (unpaired) electrons. The Morgan fingerprint density at radius 2 is 2.14 bits per heavy atom. The molecule has 2 heterocycles. The third kappa shape index (κ3) is 2.20. The third-order valence-electron chi connectivity index (χ3n) is 1.51. The average Bonchev–Trinajstić information content (AvgIpc) is 2.23. The molecule has 0 saturated carbocycles. The van der Waals surface area contributed by atoms with Gasteiger partial charge in [-0.1, -0.05) is 11.6 Å². The van der Waals surface area contributed by atoms with Gasteiger partial charge in [0.05, 0.1) is 6.20 Å². The van der Waals surface area contributed by atoms with Crippen molar-refractivity contribution in [1.29, 1.82) is 0 Å². The summed E-state index contributed by atoms with van der Waals surface area (Å²) >= 11 is 5.63. The van der Waals surface area contributed by atoms with Gasteiger partial charge in [-0.25, -0.2) is 9.97 Å². The maximum absolute atomic E-state index is 5.63. The fraction of sp³-hybridized carbons (Fsp3) is 0. The average molecular weight is 206 g/mol. The van der Waals surface area contributed by atoms with Gasteiger partial charge in [-0.2, -0.15) is 0 Å². The summed E-state index contributed by atoms with van der Waals surface area (Å²) in [6.07, 6.45) is 3.08. The first-order chi connectivity index (χ1) is 6.84. The molecule has 0 aliphatic rings. The van der Waals surface area contributed by atoms with Crippen LogP contribution in [0.5, 0.6) is 11.6 Å². The van der Waals surface area contributed by atoms with Crippen LogP contribution in [0, 0.1) is 6.07 Å². The Labute approximate surface area is 86.3 Å². The summed E-state index contributed by atoms with van der Waals surface area (Å²) in [4.78, 5) is 7.84. The molecule has 69 valence electrons. The summed E-state index contributed by atoms with van der Waals surface area (Å²) in [6.45, 7) is 0. The Morgan fingerprint density at radius 3 is 2.79 bits per heavy atom. The Balaban J connectivity index is 2.16. The molecule has 0 fully saturated rings. The number of pyridine rings is 2. The highest BCUT2D eigenvalue weighted by atomic mass is 35.5. The smallest absolute Gasteiger partial charge is 0.219 e. The van der Waals surface area contributed by atoms with Crippen LogP contribution in [0.2, 0.25) is 5.15 Å². The van der Waals surface area contributed by atoms with E-state index in [0.29, 0.717) is 16.8 Å². The summed E-state index contributed by atoms with van der Waals surface area (Å²) < 4.78 is 5.38. The second kappa shape index (κ2) is 4.07. The molecule has 0 aliphatic heterocycles. The van der Waals surface area contributed by atoms with E-state index in [1.54, 1.807) is 36.7 Å². The molecule has 2 rings (SSSR count). The molecule has 0 amide bonds. The number of hydrogen-bond acceptors (Lipinski definition) is 3. The van der Waals surface area contributed by atoms with E-state index in [1.807, 2.05) is 0 Å². The third-order valence-corrected chi connectivity index (χ3v) is 1.73. The molecule has 14 heavy (non-hydrogen) atoms. The van der Waals surface area contributed by atoms with Crippen LogP contribution in [0.3, 0.4) is 0 Å². The van der Waals surface area contributed by atoms with Gasteiger partial charge in [0.15, 0.2) is 0 Å². The predicted molar refractivity (Wildman–Crippen MR) is 52.4 cm³/mol. The lowest BCUT2D eigenvalue weighted by Gasteiger charge is -2.02. The monoisotopic (exact) mass is 205 g/mol. The summed E-state index contributed by atoms with van der Waals surface area (Å²) in [6, 6.07) is 9.63. The zero-order chi connectivity index (χ0) is 9.80. The van der Waals surface area contributed by atoms with Crippen molar-refractivity contribution in [3.8, 4) is 11.6 Å². The first kappa shape index (κ1) is 8.97. The number of ether oxygens (including phenoxy) is 1. The highest BCUT2D eigenvalue weighted by Gasteiger charge is 1.97. The molecular weight excluding hydrogens is 200 g/mol. The maximum atomic E-state index is 5.63. The van der Waals surface area contributed by atoms with E-state index in [9.17, 15) is 0 Å². The second-order valence-electron chi connectivity index (χ2n) is 2.52. The molecule has 0 spiro atoms. The topological polar surface area (TPSA) is 35.0 Å². The van der Waals surface area contributed by atoms with Gasteiger partial charge in [0, 0.05) is 18.3 Å². The Bertz CT molecular complexity index is 402. The van der Waals surface area contributed by atoms with Crippen molar-refractivity contribution in [2.24, 2.45) is 0 Å². The van der Waals surface area contributed by atoms with Crippen LogP contribution < -0.4 is 4.74 Å². The fourth-order valence-electron chi connectivity index (χ4n) is 0.910. The summed E-state index contributed by atoms with van der Waals surface area (Å²) in [5, 5.41) is 0.437. The van der Waals surface area contributed by atoms with Crippen molar-refractivity contribution >= 4 is 11.6 Å². The predicted octanol–water partition coefficient (Wildman–Crippen LogP) is 2.72. The molecular formula is C10H6ClN2O. The number of aromatic nitrogens is 2. The van der Waals surface area contributed by atoms with Gasteiger partial charge in [0.2, 0.25) is 5.88 Å². The quantitative estimate of drug-likeness (QED) is 0.708. The minimum absolute atomic E-state index is 0.437. The highest BCUT2D eigenvalue weighted by Crippen LogP contribution is 2.18. The lowest BCUT2D eigenvalue weighted by Crippen LogP contribution is -1.87. The van der Waals surface area contributed by atoms with Crippen LogP contribution in [-0.4, -0.2) is 9.97 Å². The molecule has 0 aliphatic carbocycles. The lowest BCUT2D eigenvalue weighted by atomic mass is 10.4. The molecule has 2 aromatic rings. The van der Waals surface area contributed by atoms with Gasteiger partial charge < -0.3 is 4.74 Å². The summed E-state index contributed by atoms with van der Waals surface area (Å²) in [5.41, 5.74) is 0. The van der Waals surface area contributed by atoms with E-state index in [0.717, 1.165) is 0 Å². The fourth-order valence-corrected chi connectivity index (χ4v) is 1.02. The van der Waals surface area contributed by atoms with Crippen LogP contribution >= 0.6 is 11.6 Å². The molecule has 0 aromatic carbocycles. The SMILES string of the molecule is Clc1ccc(Oc2cc[c]cn2)cn1. The van der Waals surface area contributed by atoms with Gasteiger partial charge in [-0.05, 0) is 18.2 Å². The standard InChI is InChI=1S/C10H6ClN2O/c11-9-5-4-8(7-13-9)14-10-3-1-2-6-12-10/h1,3-7H. The lowest BCUT2D eigenvalue weighted by molar-refractivity contribution is 0.461. The maximum Gasteiger partial charge on any atom is 0.219 e. The Morgan fingerprint density at radius 1 is 1.21 bits per heavy atom. The van der Waals surface area contributed by atoms with E-state index < -0.39 is 0 Å². The number of hydrogen-bond donors (Lipinski definition) is 0. The van der Waals surface area contributed by atoms with Crippen LogP contribution in [0.15, 0.2) is 36.7 Å². The highest BCUT2D eigenvalue weighted by molar-refractivity contribution is 6.29. The molecule has 4 heteroatoms. The number of rotatable bonds is 2. The normalized spacial score (nSPS) is 9.79. The van der Waals surface area contributed by atoms with Crippen molar-refractivity contribution in [3.05, 3.63) is 47.9 Å². The van der Waals surface area contributed by atoms with Gasteiger partial charge in [-0.15, -0.1) is 0 Å². The number of nitrogens with zero attached hydrogens (tertiary/aromatic N) is 2. The zero-order valence-electron chi connectivity index (χ0n) is 7.14. The zero-order valence-corrected chi connectivity index (χ0v) is 7.90. The first-order valence-corrected chi connectivity index (χ1v) is 4.34. The van der Waals surface area contributed by atoms with Crippen LogP contribution in [0.1, 0.15) is 0 Å². The molecule has 0 unspecified atom stereocenters. The van der Waals surface area contributed by atoms with E-state index in [1.165, 1.54) is 0 Å². The largest absolute Gasteiger partial charge is 0.437 e. The molecule has 3 nitrogen and oxygen atoms in total. The molecule has 0 atom stereocenters. The van der Waals surface area contributed by atoms with Crippen molar-refractivity contribution in [3.63, 3.8) is 0 Å². The van der Waals surface area contributed by atoms with E-state index in [-0.39, 0.29) is 0 Å². The first-order valence-electron chi connectivity index (χ1n) is 3.96. The molecule has 0 saturated heterocycles. The Kier molecular flexibility index (Phi) is 2.60. The van der Waals surface area contributed by atoms with Gasteiger partial charge in [-0.3, -0.25) is 0 Å². The van der Waals surface area contributed by atoms with Crippen molar-refractivity contribution in [2.45, 2.75) is 0 Å². The minimum Gasteiger partial charge on any atom is -0.437 e. The van der Waals surface area contributed by atoms with Gasteiger partial charge in [0.1, 0.15) is 10.9 Å². The van der Waals surface area contributed by atoms with E-state index >= 15 is 0 Å². The second-order valence-corrected chi connectivity index (χ2v) is 2.90. The van der Waals surface area contributed by atoms with E-state index in [4.69, 9.17) is 16.3 Å².